The first-order valence-electron chi connectivity index (χ1n) is 8.83. The van der Waals surface area contributed by atoms with Crippen LogP contribution in [0.5, 0.6) is 11.5 Å². The van der Waals surface area contributed by atoms with Crippen molar-refractivity contribution in [2.45, 2.75) is 6.92 Å². The average Bonchev–Trinajstić information content (AvgIpc) is 3.21. The van der Waals surface area contributed by atoms with E-state index < -0.39 is 10.8 Å². The van der Waals surface area contributed by atoms with E-state index in [0.29, 0.717) is 34.1 Å². The van der Waals surface area contributed by atoms with Gasteiger partial charge in [-0.2, -0.15) is 5.10 Å². The Morgan fingerprint density at radius 2 is 1.93 bits per heavy atom. The summed E-state index contributed by atoms with van der Waals surface area (Å²) in [5.41, 5.74) is 4.11. The molecule has 0 saturated heterocycles. The fraction of sp³-hybridized carbons (Fsp3) is 0.143. The molecule has 1 amide bonds. The van der Waals surface area contributed by atoms with Gasteiger partial charge in [0.05, 0.1) is 30.9 Å². The van der Waals surface area contributed by atoms with Crippen LogP contribution in [0, 0.1) is 17.0 Å². The predicted octanol–water partition coefficient (Wildman–Crippen LogP) is 3.94. The van der Waals surface area contributed by atoms with Crippen molar-refractivity contribution in [3.63, 3.8) is 0 Å². The van der Waals surface area contributed by atoms with Crippen LogP contribution in [-0.2, 0) is 0 Å². The number of hydrogen-bond acceptors (Lipinski definition) is 7. The molecule has 1 aromatic heterocycles. The van der Waals surface area contributed by atoms with E-state index >= 15 is 0 Å². The number of hydrogen-bond donors (Lipinski definition) is 1. The number of ether oxygens (including phenoxy) is 2. The van der Waals surface area contributed by atoms with Crippen molar-refractivity contribution in [1.29, 1.82) is 0 Å². The zero-order chi connectivity index (χ0) is 21.7. The van der Waals surface area contributed by atoms with Gasteiger partial charge in [0.1, 0.15) is 23.0 Å². The van der Waals surface area contributed by atoms with Crippen molar-refractivity contribution in [1.82, 2.24) is 5.43 Å². The first kappa shape index (κ1) is 20.6. The largest absolute Gasteiger partial charge is 0.497 e. The molecule has 1 heterocycles. The van der Waals surface area contributed by atoms with E-state index in [0.717, 1.165) is 5.56 Å². The number of carbonyl (C=O) groups is 1. The van der Waals surface area contributed by atoms with E-state index in [1.807, 2.05) is 6.92 Å². The van der Waals surface area contributed by atoms with Gasteiger partial charge in [-0.15, -0.1) is 0 Å². The second-order valence-electron chi connectivity index (χ2n) is 6.22. The normalized spacial score (nSPS) is 10.8. The molecule has 9 nitrogen and oxygen atoms in total. The van der Waals surface area contributed by atoms with Gasteiger partial charge >= 0.3 is 0 Å². The van der Waals surface area contributed by atoms with Crippen LogP contribution in [-0.4, -0.2) is 31.3 Å². The average molecular weight is 409 g/mol. The van der Waals surface area contributed by atoms with Gasteiger partial charge in [0, 0.05) is 23.8 Å². The first-order valence-corrected chi connectivity index (χ1v) is 8.83. The van der Waals surface area contributed by atoms with Crippen LogP contribution in [0.1, 0.15) is 21.7 Å². The van der Waals surface area contributed by atoms with E-state index in [4.69, 9.17) is 13.9 Å². The van der Waals surface area contributed by atoms with Crippen LogP contribution in [0.4, 0.5) is 5.69 Å². The molecule has 0 saturated carbocycles. The summed E-state index contributed by atoms with van der Waals surface area (Å²) >= 11 is 0. The Bertz CT molecular complexity index is 1120. The van der Waals surface area contributed by atoms with Crippen LogP contribution in [0.3, 0.4) is 0 Å². The maximum atomic E-state index is 12.3. The lowest BCUT2D eigenvalue weighted by Crippen LogP contribution is -2.18. The highest BCUT2D eigenvalue weighted by Crippen LogP contribution is 2.29. The number of furan rings is 1. The molecule has 0 spiro atoms. The lowest BCUT2D eigenvalue weighted by molar-refractivity contribution is -0.384. The quantitative estimate of drug-likeness (QED) is 0.359. The van der Waals surface area contributed by atoms with Crippen molar-refractivity contribution in [3.8, 4) is 22.8 Å². The minimum atomic E-state index is -0.466. The van der Waals surface area contributed by atoms with Crippen molar-refractivity contribution < 1.29 is 23.6 Å². The smallest absolute Gasteiger partial charge is 0.275 e. The number of nitro benzene ring substituents is 1. The van der Waals surface area contributed by atoms with Gasteiger partial charge in [-0.1, -0.05) is 6.07 Å². The van der Waals surface area contributed by atoms with Gasteiger partial charge in [0.25, 0.3) is 11.6 Å². The summed E-state index contributed by atoms with van der Waals surface area (Å²) < 4.78 is 16.0. The minimum absolute atomic E-state index is 0.0251. The number of amides is 1. The summed E-state index contributed by atoms with van der Waals surface area (Å²) in [5.74, 6) is 1.28. The molecule has 9 heteroatoms. The minimum Gasteiger partial charge on any atom is -0.497 e. The molecule has 154 valence electrons. The van der Waals surface area contributed by atoms with Gasteiger partial charge in [-0.05, 0) is 36.8 Å². The molecule has 0 radical (unpaired) electrons. The Morgan fingerprint density at radius 1 is 1.13 bits per heavy atom. The number of non-ortho nitro benzene ring substituents is 1. The molecule has 3 aromatic rings. The number of nitrogens with zero attached hydrogens (tertiary/aromatic N) is 2. The maximum absolute atomic E-state index is 12.3. The Balaban J connectivity index is 1.73. The number of methoxy groups -OCH3 is 2. The predicted molar refractivity (Wildman–Crippen MR) is 110 cm³/mol. The number of hydrazone groups is 1. The van der Waals surface area contributed by atoms with E-state index in [1.54, 1.807) is 36.4 Å². The standard InChI is InChI=1S/C21H19N3O6/c1-13-4-5-14(24(26)27)10-18(13)19-9-7-16(30-19)12-22-23-21(25)17-8-6-15(28-2)11-20(17)29-3/h4-12H,1-3H3,(H,23,25)/b22-12-. The van der Waals surface area contributed by atoms with E-state index in [-0.39, 0.29) is 5.69 Å². The second-order valence-corrected chi connectivity index (χ2v) is 6.22. The molecule has 1 N–H and O–H groups in total. The number of benzene rings is 2. The van der Waals surface area contributed by atoms with E-state index in [1.165, 1.54) is 32.6 Å². The fourth-order valence-electron chi connectivity index (χ4n) is 2.76. The highest BCUT2D eigenvalue weighted by atomic mass is 16.6. The molecule has 2 aromatic carbocycles. The lowest BCUT2D eigenvalue weighted by atomic mass is 10.1. The SMILES string of the molecule is COc1ccc(C(=O)N/N=C\c2ccc(-c3cc([N+](=O)[O-])ccc3C)o2)c(OC)c1. The molecule has 0 aliphatic heterocycles. The molecule has 0 atom stereocenters. The third kappa shape index (κ3) is 4.46. The Labute approximate surface area is 172 Å². The number of carbonyl (C=O) groups excluding carboxylic acids is 1. The van der Waals surface area contributed by atoms with Crippen LogP contribution in [0.2, 0.25) is 0 Å². The third-order valence-electron chi connectivity index (χ3n) is 4.34. The monoisotopic (exact) mass is 409 g/mol. The molecule has 0 fully saturated rings. The van der Waals surface area contributed by atoms with Gasteiger partial charge < -0.3 is 13.9 Å². The summed E-state index contributed by atoms with van der Waals surface area (Å²) in [6.07, 6.45) is 1.34. The topological polar surface area (TPSA) is 116 Å². The second kappa shape index (κ2) is 8.91. The number of nitrogens with one attached hydrogen (secondary N) is 1. The van der Waals surface area contributed by atoms with E-state index in [2.05, 4.69) is 10.5 Å². The zero-order valence-corrected chi connectivity index (χ0v) is 16.5. The van der Waals surface area contributed by atoms with Crippen LogP contribution in [0.15, 0.2) is 58.0 Å². The van der Waals surface area contributed by atoms with Gasteiger partial charge in [-0.25, -0.2) is 5.43 Å². The summed E-state index contributed by atoms with van der Waals surface area (Å²) in [4.78, 5) is 22.9. The summed E-state index contributed by atoms with van der Waals surface area (Å²) in [7, 11) is 2.97. The highest BCUT2D eigenvalue weighted by Gasteiger charge is 2.14. The van der Waals surface area contributed by atoms with Crippen LogP contribution < -0.4 is 14.9 Å². The Morgan fingerprint density at radius 3 is 2.63 bits per heavy atom. The summed E-state index contributed by atoms with van der Waals surface area (Å²) in [6, 6.07) is 12.7. The fourth-order valence-corrected chi connectivity index (χ4v) is 2.76. The first-order chi connectivity index (χ1) is 14.4. The molecular formula is C21H19N3O6. The third-order valence-corrected chi connectivity index (χ3v) is 4.34. The molecule has 0 unspecified atom stereocenters. The molecule has 0 aliphatic rings. The Kier molecular flexibility index (Phi) is 6.11. The number of nitro groups is 1. The molecular weight excluding hydrogens is 390 g/mol. The molecule has 0 aliphatic carbocycles. The number of rotatable bonds is 7. The van der Waals surface area contributed by atoms with Crippen LogP contribution >= 0.6 is 0 Å². The van der Waals surface area contributed by atoms with Crippen molar-refractivity contribution in [2.75, 3.05) is 14.2 Å². The zero-order valence-electron chi connectivity index (χ0n) is 16.5. The van der Waals surface area contributed by atoms with Crippen molar-refractivity contribution in [2.24, 2.45) is 5.10 Å². The van der Waals surface area contributed by atoms with Crippen LogP contribution in [0.25, 0.3) is 11.3 Å². The maximum Gasteiger partial charge on any atom is 0.275 e. The summed E-state index contributed by atoms with van der Waals surface area (Å²) in [5, 5.41) is 14.9. The Hall–Kier alpha value is -4.14. The molecule has 30 heavy (non-hydrogen) atoms. The van der Waals surface area contributed by atoms with Gasteiger partial charge in [-0.3, -0.25) is 14.9 Å². The van der Waals surface area contributed by atoms with Crippen molar-refractivity contribution >= 4 is 17.8 Å². The van der Waals surface area contributed by atoms with Gasteiger partial charge in [0.15, 0.2) is 0 Å². The molecule has 0 bridgehead atoms. The highest BCUT2D eigenvalue weighted by molar-refractivity contribution is 5.97. The number of aryl methyl sites for hydroxylation is 1. The van der Waals surface area contributed by atoms with Crippen molar-refractivity contribution in [3.05, 3.63) is 75.5 Å². The van der Waals surface area contributed by atoms with E-state index in [9.17, 15) is 14.9 Å². The summed E-state index contributed by atoms with van der Waals surface area (Å²) in [6.45, 7) is 1.83. The van der Waals surface area contributed by atoms with Gasteiger partial charge in [0.2, 0.25) is 0 Å². The molecule has 3 rings (SSSR count). The lowest BCUT2D eigenvalue weighted by Gasteiger charge is -2.08.